The number of hydrogen-bond acceptors (Lipinski definition) is 3. The Labute approximate surface area is 92.7 Å². The van der Waals surface area contributed by atoms with E-state index in [1.54, 1.807) is 24.3 Å². The first-order chi connectivity index (χ1) is 6.48. The molecule has 78 valence electrons. The van der Waals surface area contributed by atoms with Crippen LogP contribution in [-0.2, 0) is 10.0 Å². The highest BCUT2D eigenvalue weighted by Gasteiger charge is 2.20. The van der Waals surface area contributed by atoms with E-state index in [4.69, 9.17) is 10.7 Å². The van der Waals surface area contributed by atoms with E-state index in [0.29, 0.717) is 11.2 Å². The fourth-order valence-electron chi connectivity index (χ4n) is 0.896. The van der Waals surface area contributed by atoms with Gasteiger partial charge in [-0.05, 0) is 29.7 Å². The molecule has 14 heavy (non-hydrogen) atoms. The third-order valence-corrected chi connectivity index (χ3v) is 5.17. The normalized spacial score (nSPS) is 12.0. The molecule has 0 atom stereocenters. The fourth-order valence-corrected chi connectivity index (χ4v) is 2.90. The third-order valence-electron chi connectivity index (χ3n) is 1.75. The Balaban J connectivity index is 3.11. The van der Waals surface area contributed by atoms with Crippen molar-refractivity contribution in [2.75, 3.05) is 7.05 Å². The molecule has 0 radical (unpaired) electrons. The number of hydrogen-bond donors (Lipinski definition) is 0. The van der Waals surface area contributed by atoms with Crippen molar-refractivity contribution in [3.63, 3.8) is 0 Å². The predicted molar refractivity (Wildman–Crippen MR) is 59.6 cm³/mol. The van der Waals surface area contributed by atoms with Crippen LogP contribution in [0.25, 0.3) is 0 Å². The van der Waals surface area contributed by atoms with Gasteiger partial charge in [-0.1, -0.05) is 17.7 Å². The van der Waals surface area contributed by atoms with E-state index in [2.05, 4.69) is 0 Å². The van der Waals surface area contributed by atoms with E-state index in [0.717, 1.165) is 9.27 Å². The summed E-state index contributed by atoms with van der Waals surface area (Å²) in [4.78, 5) is 0.249. The molecule has 3 nitrogen and oxygen atoms in total. The molecule has 0 fully saturated rings. The molecule has 6 heteroatoms. The van der Waals surface area contributed by atoms with Gasteiger partial charge in [0.05, 0.1) is 4.90 Å². The van der Waals surface area contributed by atoms with Crippen LogP contribution in [0, 0.1) is 6.92 Å². The summed E-state index contributed by atoms with van der Waals surface area (Å²) in [5, 5.41) is 0. The Kier molecular flexibility index (Phi) is 3.83. The summed E-state index contributed by atoms with van der Waals surface area (Å²) in [6.07, 6.45) is 0. The van der Waals surface area contributed by atoms with Gasteiger partial charge in [0.2, 0.25) is 0 Å². The van der Waals surface area contributed by atoms with Gasteiger partial charge in [0, 0.05) is 18.2 Å². The van der Waals surface area contributed by atoms with Crippen LogP contribution in [0.3, 0.4) is 0 Å². The lowest BCUT2D eigenvalue weighted by Crippen LogP contribution is -2.18. The van der Waals surface area contributed by atoms with Crippen molar-refractivity contribution in [1.29, 1.82) is 0 Å². The SMILES string of the molecule is Cc1ccc(S(=O)(=O)N(C)SCl)cc1. The molecule has 0 saturated carbocycles. The highest BCUT2D eigenvalue weighted by Crippen LogP contribution is 2.23. The van der Waals surface area contributed by atoms with Crippen molar-refractivity contribution >= 4 is 31.9 Å². The first-order valence-electron chi connectivity index (χ1n) is 3.83. The Morgan fingerprint density at radius 3 is 2.21 bits per heavy atom. The molecule has 0 spiro atoms. The zero-order chi connectivity index (χ0) is 10.8. The van der Waals surface area contributed by atoms with Crippen LogP contribution < -0.4 is 0 Å². The Morgan fingerprint density at radius 2 is 1.79 bits per heavy atom. The first kappa shape index (κ1) is 11.8. The fraction of sp³-hybridized carbons (Fsp3) is 0.250. The molecule has 0 aromatic heterocycles. The van der Waals surface area contributed by atoms with Crippen LogP contribution in [0.4, 0.5) is 0 Å². The molecule has 0 aliphatic carbocycles. The van der Waals surface area contributed by atoms with Crippen molar-refractivity contribution in [2.45, 2.75) is 11.8 Å². The van der Waals surface area contributed by atoms with Crippen molar-refractivity contribution < 1.29 is 8.42 Å². The lowest BCUT2D eigenvalue weighted by molar-refractivity contribution is 0.565. The second-order valence-electron chi connectivity index (χ2n) is 2.80. The first-order valence-corrected chi connectivity index (χ1v) is 6.87. The van der Waals surface area contributed by atoms with E-state index in [9.17, 15) is 8.42 Å². The molecule has 0 bridgehead atoms. The van der Waals surface area contributed by atoms with Crippen LogP contribution in [0.1, 0.15) is 5.56 Å². The molecular weight excluding hydrogens is 242 g/mol. The standard InChI is InChI=1S/C8H10ClNO2S2/c1-7-3-5-8(6-4-7)14(11,12)10(2)13-9/h3-6H,1-2H3. The zero-order valence-corrected chi connectivity index (χ0v) is 10.2. The van der Waals surface area contributed by atoms with Gasteiger partial charge in [0.1, 0.15) is 0 Å². The average molecular weight is 252 g/mol. The molecular formula is C8H10ClNO2S2. The summed E-state index contributed by atoms with van der Waals surface area (Å²) in [7, 11) is 3.35. The maximum Gasteiger partial charge on any atom is 0.252 e. The minimum Gasteiger partial charge on any atom is -0.206 e. The number of benzene rings is 1. The maximum atomic E-state index is 11.7. The number of aryl methyl sites for hydroxylation is 1. The predicted octanol–water partition coefficient (Wildman–Crippen LogP) is 2.42. The van der Waals surface area contributed by atoms with E-state index < -0.39 is 10.0 Å². The number of nitrogens with zero attached hydrogens (tertiary/aromatic N) is 1. The minimum absolute atomic E-state index is 0.249. The van der Waals surface area contributed by atoms with Gasteiger partial charge in [0.15, 0.2) is 0 Å². The van der Waals surface area contributed by atoms with Crippen molar-refractivity contribution in [3.8, 4) is 0 Å². The van der Waals surface area contributed by atoms with Crippen LogP contribution >= 0.6 is 21.8 Å². The van der Waals surface area contributed by atoms with Gasteiger partial charge >= 0.3 is 0 Å². The summed E-state index contributed by atoms with van der Waals surface area (Å²) in [6, 6.07) is 6.63. The summed E-state index contributed by atoms with van der Waals surface area (Å²) >= 11 is 0.648. The second-order valence-corrected chi connectivity index (χ2v) is 6.10. The Bertz CT molecular complexity index is 402. The quantitative estimate of drug-likeness (QED) is 0.775. The molecule has 0 unspecified atom stereocenters. The lowest BCUT2D eigenvalue weighted by atomic mass is 10.2. The van der Waals surface area contributed by atoms with Crippen molar-refractivity contribution in [2.24, 2.45) is 0 Å². The van der Waals surface area contributed by atoms with Gasteiger partial charge in [-0.3, -0.25) is 0 Å². The van der Waals surface area contributed by atoms with Gasteiger partial charge in [-0.25, -0.2) is 8.42 Å². The second kappa shape index (κ2) is 4.53. The monoisotopic (exact) mass is 251 g/mol. The third kappa shape index (κ3) is 2.42. The molecule has 0 amide bonds. The average Bonchev–Trinajstić information content (AvgIpc) is 2.17. The molecule has 0 aliphatic rings. The molecule has 1 aromatic carbocycles. The maximum absolute atomic E-state index is 11.7. The lowest BCUT2D eigenvalue weighted by Gasteiger charge is -2.11. The number of sulfonamides is 1. The van der Waals surface area contributed by atoms with Crippen LogP contribution in [0.2, 0.25) is 0 Å². The summed E-state index contributed by atoms with van der Waals surface area (Å²) in [6.45, 7) is 1.90. The number of halogens is 1. The Hall–Kier alpha value is -0.230. The zero-order valence-electron chi connectivity index (χ0n) is 7.77. The van der Waals surface area contributed by atoms with Crippen LogP contribution in [0.5, 0.6) is 0 Å². The van der Waals surface area contributed by atoms with Crippen molar-refractivity contribution in [1.82, 2.24) is 3.71 Å². The van der Waals surface area contributed by atoms with Crippen LogP contribution in [0.15, 0.2) is 29.2 Å². The van der Waals surface area contributed by atoms with Gasteiger partial charge in [-0.15, -0.1) is 3.71 Å². The van der Waals surface area contributed by atoms with E-state index >= 15 is 0 Å². The topological polar surface area (TPSA) is 37.4 Å². The number of rotatable bonds is 3. The summed E-state index contributed by atoms with van der Waals surface area (Å²) in [5.74, 6) is 0. The highest BCUT2D eigenvalue weighted by atomic mass is 35.7. The summed E-state index contributed by atoms with van der Waals surface area (Å²) < 4.78 is 24.4. The molecule has 1 aromatic rings. The van der Waals surface area contributed by atoms with E-state index in [1.165, 1.54) is 7.05 Å². The highest BCUT2D eigenvalue weighted by molar-refractivity contribution is 8.24. The van der Waals surface area contributed by atoms with E-state index in [1.807, 2.05) is 6.92 Å². The van der Waals surface area contributed by atoms with Crippen LogP contribution in [-0.4, -0.2) is 19.2 Å². The minimum atomic E-state index is -3.44. The molecule has 0 saturated heterocycles. The van der Waals surface area contributed by atoms with Gasteiger partial charge < -0.3 is 0 Å². The van der Waals surface area contributed by atoms with Gasteiger partial charge in [0.25, 0.3) is 10.0 Å². The Morgan fingerprint density at radius 1 is 1.29 bits per heavy atom. The summed E-state index contributed by atoms with van der Waals surface area (Å²) in [5.41, 5.74) is 1.02. The molecule has 0 N–H and O–H groups in total. The smallest absolute Gasteiger partial charge is 0.206 e. The van der Waals surface area contributed by atoms with Gasteiger partial charge in [-0.2, -0.15) is 0 Å². The van der Waals surface area contributed by atoms with E-state index in [-0.39, 0.29) is 4.90 Å². The molecule has 0 heterocycles. The molecule has 1 rings (SSSR count). The molecule has 0 aliphatic heterocycles. The largest absolute Gasteiger partial charge is 0.252 e. The van der Waals surface area contributed by atoms with Crippen molar-refractivity contribution in [3.05, 3.63) is 29.8 Å².